The summed E-state index contributed by atoms with van der Waals surface area (Å²) in [5, 5.41) is 19.2. The number of aryl methyl sites for hydroxylation is 1. The van der Waals surface area contributed by atoms with Crippen LogP contribution in [0.15, 0.2) is 72.9 Å². The standard InChI is InChI=1S/C25H24N8/c1-2-3-16-33-22(27-24(30-33)20-8-5-4-6-9-20)17-18-11-13-19(14-12-18)23-21(10-7-15-26-23)25-28-31-32-29-25/h4-15H,2-3,16-17H2,1H3,(H,28,29,31,32). The highest BCUT2D eigenvalue weighted by atomic mass is 15.5. The zero-order chi connectivity index (χ0) is 22.5. The first-order valence-electron chi connectivity index (χ1n) is 11.1. The number of hydrogen-bond acceptors (Lipinski definition) is 6. The quantitative estimate of drug-likeness (QED) is 0.382. The summed E-state index contributed by atoms with van der Waals surface area (Å²) in [7, 11) is 0. The second-order valence-electron chi connectivity index (χ2n) is 7.80. The third-order valence-corrected chi connectivity index (χ3v) is 5.49. The molecule has 3 aromatic heterocycles. The van der Waals surface area contributed by atoms with Crippen molar-refractivity contribution in [1.29, 1.82) is 0 Å². The van der Waals surface area contributed by atoms with E-state index < -0.39 is 0 Å². The Morgan fingerprint density at radius 2 is 1.73 bits per heavy atom. The van der Waals surface area contributed by atoms with E-state index in [1.807, 2.05) is 47.1 Å². The Balaban J connectivity index is 1.42. The minimum absolute atomic E-state index is 0.527. The van der Waals surface area contributed by atoms with Crippen molar-refractivity contribution < 1.29 is 0 Å². The van der Waals surface area contributed by atoms with Gasteiger partial charge in [-0.05, 0) is 29.3 Å². The maximum atomic E-state index is 4.87. The highest BCUT2D eigenvalue weighted by Crippen LogP contribution is 2.28. The van der Waals surface area contributed by atoms with Crippen LogP contribution in [0.5, 0.6) is 0 Å². The molecule has 8 heteroatoms. The predicted molar refractivity (Wildman–Crippen MR) is 126 cm³/mol. The number of unbranched alkanes of at least 4 members (excludes halogenated alkanes) is 1. The molecule has 0 bridgehead atoms. The topological polar surface area (TPSA) is 98.1 Å². The van der Waals surface area contributed by atoms with Gasteiger partial charge in [0, 0.05) is 35.9 Å². The molecular formula is C25H24N8. The molecule has 5 aromatic rings. The lowest BCUT2D eigenvalue weighted by atomic mass is 10.0. The molecule has 0 aliphatic carbocycles. The number of aromatic nitrogens is 8. The first-order valence-corrected chi connectivity index (χ1v) is 11.1. The molecule has 33 heavy (non-hydrogen) atoms. The number of aromatic amines is 1. The predicted octanol–water partition coefficient (Wildman–Crippen LogP) is 4.58. The molecule has 1 N–H and O–H groups in total. The molecule has 0 saturated carbocycles. The summed E-state index contributed by atoms with van der Waals surface area (Å²) in [6.45, 7) is 3.06. The molecule has 5 rings (SSSR count). The number of nitrogens with zero attached hydrogens (tertiary/aromatic N) is 7. The number of benzene rings is 2. The second kappa shape index (κ2) is 9.52. The second-order valence-corrected chi connectivity index (χ2v) is 7.80. The molecule has 3 heterocycles. The summed E-state index contributed by atoms with van der Waals surface area (Å²) >= 11 is 0. The Labute approximate surface area is 191 Å². The van der Waals surface area contributed by atoms with Crippen LogP contribution in [0.3, 0.4) is 0 Å². The normalized spacial score (nSPS) is 11.1. The Morgan fingerprint density at radius 1 is 0.879 bits per heavy atom. The average molecular weight is 437 g/mol. The van der Waals surface area contributed by atoms with Gasteiger partial charge < -0.3 is 0 Å². The molecule has 0 unspecified atom stereocenters. The van der Waals surface area contributed by atoms with Crippen molar-refractivity contribution in [3.8, 4) is 34.0 Å². The minimum atomic E-state index is 0.527. The third kappa shape index (κ3) is 4.55. The fourth-order valence-corrected chi connectivity index (χ4v) is 3.76. The van der Waals surface area contributed by atoms with E-state index in [1.165, 1.54) is 5.56 Å². The first kappa shape index (κ1) is 20.7. The summed E-state index contributed by atoms with van der Waals surface area (Å²) in [5.41, 5.74) is 4.86. The average Bonchev–Trinajstić information content (AvgIpc) is 3.54. The van der Waals surface area contributed by atoms with Gasteiger partial charge in [0.2, 0.25) is 5.82 Å². The van der Waals surface area contributed by atoms with E-state index in [-0.39, 0.29) is 0 Å². The highest BCUT2D eigenvalue weighted by Gasteiger charge is 2.14. The molecule has 0 amide bonds. The van der Waals surface area contributed by atoms with Crippen molar-refractivity contribution in [3.63, 3.8) is 0 Å². The van der Waals surface area contributed by atoms with E-state index in [1.54, 1.807) is 6.20 Å². The van der Waals surface area contributed by atoms with Gasteiger partial charge in [0.1, 0.15) is 5.82 Å². The molecular weight excluding hydrogens is 412 g/mol. The van der Waals surface area contributed by atoms with Gasteiger partial charge in [-0.1, -0.05) is 67.9 Å². The number of hydrogen-bond donors (Lipinski definition) is 1. The van der Waals surface area contributed by atoms with Crippen LogP contribution in [0.25, 0.3) is 34.0 Å². The Morgan fingerprint density at radius 3 is 2.48 bits per heavy atom. The molecule has 0 aliphatic rings. The summed E-state index contributed by atoms with van der Waals surface area (Å²) in [6, 6.07) is 22.3. The van der Waals surface area contributed by atoms with Crippen LogP contribution in [0.1, 0.15) is 31.2 Å². The lowest BCUT2D eigenvalue weighted by Gasteiger charge is -2.08. The fourth-order valence-electron chi connectivity index (χ4n) is 3.76. The number of tetrazole rings is 1. The summed E-state index contributed by atoms with van der Waals surface area (Å²) in [5.74, 6) is 2.27. The zero-order valence-corrected chi connectivity index (χ0v) is 18.4. The van der Waals surface area contributed by atoms with Gasteiger partial charge in [0.05, 0.1) is 5.69 Å². The van der Waals surface area contributed by atoms with Crippen molar-refractivity contribution in [1.82, 2.24) is 40.4 Å². The monoisotopic (exact) mass is 436 g/mol. The molecule has 0 radical (unpaired) electrons. The Hall–Kier alpha value is -4.20. The van der Waals surface area contributed by atoms with Crippen molar-refractivity contribution >= 4 is 0 Å². The van der Waals surface area contributed by atoms with Crippen LogP contribution in [0.4, 0.5) is 0 Å². The SMILES string of the molecule is CCCCn1nc(-c2ccccc2)nc1Cc1ccc(-c2ncccc2-c2nn[nH]n2)cc1. The Bertz CT molecular complexity index is 1310. The maximum absolute atomic E-state index is 4.87. The van der Waals surface area contributed by atoms with E-state index in [4.69, 9.17) is 10.1 Å². The van der Waals surface area contributed by atoms with Crippen molar-refractivity contribution in [3.05, 3.63) is 84.3 Å². The number of H-pyrrole nitrogens is 1. The smallest absolute Gasteiger partial charge is 0.206 e. The van der Waals surface area contributed by atoms with E-state index in [2.05, 4.69) is 56.8 Å². The van der Waals surface area contributed by atoms with Gasteiger partial charge in [-0.15, -0.1) is 10.2 Å². The first-order chi connectivity index (χ1) is 16.3. The van der Waals surface area contributed by atoms with E-state index in [0.717, 1.165) is 53.4 Å². The minimum Gasteiger partial charge on any atom is -0.255 e. The number of pyridine rings is 1. The van der Waals surface area contributed by atoms with Gasteiger partial charge in [-0.3, -0.25) is 4.98 Å². The van der Waals surface area contributed by atoms with Crippen molar-refractivity contribution in [2.24, 2.45) is 0 Å². The maximum Gasteiger partial charge on any atom is 0.206 e. The van der Waals surface area contributed by atoms with E-state index in [0.29, 0.717) is 12.2 Å². The van der Waals surface area contributed by atoms with Crippen LogP contribution in [-0.4, -0.2) is 40.4 Å². The zero-order valence-electron chi connectivity index (χ0n) is 18.4. The fraction of sp³-hybridized carbons (Fsp3) is 0.200. The highest BCUT2D eigenvalue weighted by molar-refractivity contribution is 5.77. The molecule has 0 atom stereocenters. The molecule has 164 valence electrons. The lowest BCUT2D eigenvalue weighted by Crippen LogP contribution is -2.06. The summed E-state index contributed by atoms with van der Waals surface area (Å²) < 4.78 is 2.05. The van der Waals surface area contributed by atoms with E-state index in [9.17, 15) is 0 Å². The van der Waals surface area contributed by atoms with Crippen LogP contribution in [0, 0.1) is 0 Å². The van der Waals surface area contributed by atoms with Gasteiger partial charge in [-0.2, -0.15) is 10.3 Å². The summed E-state index contributed by atoms with van der Waals surface area (Å²) in [6.07, 6.45) is 4.67. The largest absolute Gasteiger partial charge is 0.255 e. The van der Waals surface area contributed by atoms with Crippen LogP contribution < -0.4 is 0 Å². The van der Waals surface area contributed by atoms with Crippen LogP contribution in [-0.2, 0) is 13.0 Å². The van der Waals surface area contributed by atoms with E-state index >= 15 is 0 Å². The van der Waals surface area contributed by atoms with Gasteiger partial charge >= 0.3 is 0 Å². The third-order valence-electron chi connectivity index (χ3n) is 5.49. The molecule has 0 spiro atoms. The molecule has 0 aliphatic heterocycles. The molecule has 2 aromatic carbocycles. The Kier molecular flexibility index (Phi) is 5.97. The van der Waals surface area contributed by atoms with Gasteiger partial charge in [-0.25, -0.2) is 9.67 Å². The molecule has 0 fully saturated rings. The van der Waals surface area contributed by atoms with Crippen LogP contribution >= 0.6 is 0 Å². The van der Waals surface area contributed by atoms with Crippen molar-refractivity contribution in [2.45, 2.75) is 32.7 Å². The summed E-state index contributed by atoms with van der Waals surface area (Å²) in [4.78, 5) is 9.42. The molecule has 8 nitrogen and oxygen atoms in total. The lowest BCUT2D eigenvalue weighted by molar-refractivity contribution is 0.550. The van der Waals surface area contributed by atoms with Gasteiger partial charge in [0.15, 0.2) is 5.82 Å². The number of rotatable bonds is 8. The van der Waals surface area contributed by atoms with Gasteiger partial charge in [0.25, 0.3) is 0 Å². The number of nitrogens with one attached hydrogen (secondary N) is 1. The molecule has 0 saturated heterocycles. The van der Waals surface area contributed by atoms with Crippen LogP contribution in [0.2, 0.25) is 0 Å². The van der Waals surface area contributed by atoms with Crippen molar-refractivity contribution in [2.75, 3.05) is 0 Å².